The lowest BCUT2D eigenvalue weighted by Crippen LogP contribution is -2.24. The van der Waals surface area contributed by atoms with E-state index in [9.17, 15) is 9.59 Å². The van der Waals surface area contributed by atoms with Crippen molar-refractivity contribution in [3.05, 3.63) is 81.5 Å². The Kier molecular flexibility index (Phi) is 7.15. The maximum Gasteiger partial charge on any atom is 0.272 e. The van der Waals surface area contributed by atoms with Crippen LogP contribution in [0.15, 0.2) is 69.9 Å². The van der Waals surface area contributed by atoms with E-state index in [1.807, 2.05) is 60.0 Å². The normalized spacial score (nSPS) is 11.2. The molecule has 8 heteroatoms. The molecule has 0 unspecified atom stereocenters. The third-order valence-electron chi connectivity index (χ3n) is 5.22. The number of nitrogens with one attached hydrogen (secondary N) is 1. The predicted molar refractivity (Wildman–Crippen MR) is 136 cm³/mol. The van der Waals surface area contributed by atoms with E-state index in [4.69, 9.17) is 4.74 Å². The zero-order chi connectivity index (χ0) is 23.4. The van der Waals surface area contributed by atoms with Crippen LogP contribution in [0.5, 0.6) is 5.75 Å². The van der Waals surface area contributed by atoms with E-state index in [0.717, 1.165) is 16.8 Å². The van der Waals surface area contributed by atoms with Gasteiger partial charge in [0.05, 0.1) is 24.9 Å². The van der Waals surface area contributed by atoms with Crippen LogP contribution < -0.4 is 15.6 Å². The summed E-state index contributed by atoms with van der Waals surface area (Å²) in [7, 11) is 1.61. The van der Waals surface area contributed by atoms with Crippen molar-refractivity contribution in [2.45, 2.75) is 31.5 Å². The first-order valence-corrected chi connectivity index (χ1v) is 12.5. The number of benzene rings is 2. The largest absolute Gasteiger partial charge is 0.496 e. The van der Waals surface area contributed by atoms with Gasteiger partial charge in [-0.3, -0.25) is 14.2 Å². The molecule has 1 N–H and O–H groups in total. The van der Waals surface area contributed by atoms with Gasteiger partial charge in [-0.25, -0.2) is 4.98 Å². The molecule has 4 rings (SSSR count). The summed E-state index contributed by atoms with van der Waals surface area (Å²) in [6.07, 6.45) is 0. The molecule has 0 saturated carbocycles. The maximum atomic E-state index is 13.2. The Bertz CT molecular complexity index is 1340. The molecule has 0 saturated heterocycles. The fraction of sp³-hybridized carbons (Fsp3) is 0.240. The van der Waals surface area contributed by atoms with Gasteiger partial charge < -0.3 is 10.1 Å². The van der Waals surface area contributed by atoms with E-state index >= 15 is 0 Å². The summed E-state index contributed by atoms with van der Waals surface area (Å²) in [5.74, 6) is 1.07. The highest BCUT2D eigenvalue weighted by Gasteiger charge is 2.16. The van der Waals surface area contributed by atoms with Crippen LogP contribution in [0.2, 0.25) is 0 Å². The van der Waals surface area contributed by atoms with Gasteiger partial charge in [0.2, 0.25) is 5.91 Å². The summed E-state index contributed by atoms with van der Waals surface area (Å²) in [4.78, 5) is 30.6. The van der Waals surface area contributed by atoms with E-state index in [2.05, 4.69) is 24.1 Å². The Morgan fingerprint density at radius 2 is 2.00 bits per heavy atom. The fourth-order valence-corrected chi connectivity index (χ4v) is 5.06. The van der Waals surface area contributed by atoms with Crippen molar-refractivity contribution < 1.29 is 9.53 Å². The Labute approximate surface area is 200 Å². The SMILES string of the molecule is COc1ccccc1Cn1c(SCC(=O)Nc2cccc(C(C)C)c2)nc2ccsc2c1=O. The van der Waals surface area contributed by atoms with Crippen LogP contribution in [0.3, 0.4) is 0 Å². The van der Waals surface area contributed by atoms with E-state index in [1.54, 1.807) is 11.7 Å². The molecule has 0 spiro atoms. The number of anilines is 1. The number of fused-ring (bicyclic) bond motifs is 1. The molecule has 2 aromatic heterocycles. The molecule has 4 aromatic rings. The number of methoxy groups -OCH3 is 1. The Balaban J connectivity index is 1.58. The van der Waals surface area contributed by atoms with Crippen LogP contribution in [0, 0.1) is 0 Å². The lowest BCUT2D eigenvalue weighted by Gasteiger charge is -2.14. The van der Waals surface area contributed by atoms with Crippen LogP contribution in [0.4, 0.5) is 5.69 Å². The predicted octanol–water partition coefficient (Wildman–Crippen LogP) is 5.37. The standard InChI is InChI=1S/C25H25N3O3S2/c1-16(2)17-8-6-9-19(13-17)26-22(29)15-33-25-27-20-11-12-32-23(20)24(30)28(25)14-18-7-4-5-10-21(18)31-3/h4-13,16H,14-15H2,1-3H3,(H,26,29). The van der Waals surface area contributed by atoms with Gasteiger partial charge in [-0.05, 0) is 41.1 Å². The number of amides is 1. The molecule has 0 atom stereocenters. The average molecular weight is 480 g/mol. The molecule has 0 aliphatic carbocycles. The lowest BCUT2D eigenvalue weighted by molar-refractivity contribution is -0.113. The molecule has 33 heavy (non-hydrogen) atoms. The van der Waals surface area contributed by atoms with Crippen molar-refractivity contribution in [2.75, 3.05) is 18.2 Å². The van der Waals surface area contributed by atoms with Gasteiger partial charge in [0.1, 0.15) is 10.4 Å². The van der Waals surface area contributed by atoms with Crippen LogP contribution in [0.1, 0.15) is 30.9 Å². The first-order valence-electron chi connectivity index (χ1n) is 10.6. The highest BCUT2D eigenvalue weighted by Crippen LogP contribution is 2.25. The molecular formula is C25H25N3O3S2. The summed E-state index contributed by atoms with van der Waals surface area (Å²) in [5.41, 5.74) is 3.33. The summed E-state index contributed by atoms with van der Waals surface area (Å²) < 4.78 is 7.68. The zero-order valence-corrected chi connectivity index (χ0v) is 20.3. The molecule has 2 aromatic carbocycles. The number of rotatable bonds is 8. The third kappa shape index (κ3) is 5.29. The highest BCUT2D eigenvalue weighted by molar-refractivity contribution is 7.99. The molecule has 2 heterocycles. The molecule has 0 bridgehead atoms. The van der Waals surface area contributed by atoms with E-state index in [-0.39, 0.29) is 17.2 Å². The number of carbonyl (C=O) groups is 1. The minimum atomic E-state index is -0.149. The van der Waals surface area contributed by atoms with Crippen LogP contribution >= 0.6 is 23.1 Å². The fourth-order valence-electron chi connectivity index (χ4n) is 3.48. The average Bonchev–Trinajstić information content (AvgIpc) is 3.29. The number of thioether (sulfide) groups is 1. The van der Waals surface area contributed by atoms with Gasteiger partial charge in [0.15, 0.2) is 5.16 Å². The molecule has 0 aliphatic heterocycles. The summed E-state index contributed by atoms with van der Waals surface area (Å²) in [6.45, 7) is 4.54. The second kappa shape index (κ2) is 10.2. The van der Waals surface area contributed by atoms with Crippen molar-refractivity contribution in [2.24, 2.45) is 0 Å². The molecule has 6 nitrogen and oxygen atoms in total. The number of hydrogen-bond acceptors (Lipinski definition) is 6. The van der Waals surface area contributed by atoms with Crippen molar-refractivity contribution in [3.8, 4) is 5.75 Å². The molecule has 0 aliphatic rings. The topological polar surface area (TPSA) is 73.2 Å². The number of ether oxygens (including phenoxy) is 1. The summed E-state index contributed by atoms with van der Waals surface area (Å²) >= 11 is 2.63. The smallest absolute Gasteiger partial charge is 0.272 e. The van der Waals surface area contributed by atoms with Gasteiger partial charge in [-0.1, -0.05) is 55.9 Å². The number of hydrogen-bond donors (Lipinski definition) is 1. The number of aromatic nitrogens is 2. The van der Waals surface area contributed by atoms with Gasteiger partial charge in [0, 0.05) is 11.3 Å². The summed E-state index contributed by atoms with van der Waals surface area (Å²) in [6, 6.07) is 17.3. The maximum absolute atomic E-state index is 13.2. The van der Waals surface area contributed by atoms with Crippen molar-refractivity contribution in [3.63, 3.8) is 0 Å². The monoisotopic (exact) mass is 479 g/mol. The quantitative estimate of drug-likeness (QED) is 0.272. The van der Waals surface area contributed by atoms with Gasteiger partial charge >= 0.3 is 0 Å². The van der Waals surface area contributed by atoms with Crippen molar-refractivity contribution >= 4 is 44.9 Å². The molecular weight excluding hydrogens is 454 g/mol. The molecule has 0 fully saturated rings. The first-order chi connectivity index (χ1) is 16.0. The minimum Gasteiger partial charge on any atom is -0.496 e. The lowest BCUT2D eigenvalue weighted by atomic mass is 10.0. The van der Waals surface area contributed by atoms with Crippen molar-refractivity contribution in [1.82, 2.24) is 9.55 Å². The highest BCUT2D eigenvalue weighted by atomic mass is 32.2. The third-order valence-corrected chi connectivity index (χ3v) is 7.09. The Morgan fingerprint density at radius 3 is 2.79 bits per heavy atom. The first kappa shape index (κ1) is 23.1. The van der Waals surface area contributed by atoms with Crippen LogP contribution in [-0.2, 0) is 11.3 Å². The molecule has 170 valence electrons. The Hall–Kier alpha value is -3.10. The van der Waals surface area contributed by atoms with E-state index < -0.39 is 0 Å². The zero-order valence-electron chi connectivity index (χ0n) is 18.7. The van der Waals surface area contributed by atoms with E-state index in [0.29, 0.717) is 33.6 Å². The van der Waals surface area contributed by atoms with E-state index in [1.165, 1.54) is 23.1 Å². The number of thiophene rings is 1. The minimum absolute atomic E-state index is 0.117. The molecule has 1 amide bonds. The van der Waals surface area contributed by atoms with Gasteiger partial charge in [-0.15, -0.1) is 11.3 Å². The van der Waals surface area contributed by atoms with Crippen LogP contribution in [-0.4, -0.2) is 28.3 Å². The number of para-hydroxylation sites is 1. The molecule has 0 radical (unpaired) electrons. The van der Waals surface area contributed by atoms with Gasteiger partial charge in [-0.2, -0.15) is 0 Å². The number of nitrogens with zero attached hydrogens (tertiary/aromatic N) is 2. The number of carbonyl (C=O) groups excluding carboxylic acids is 1. The second-order valence-corrected chi connectivity index (χ2v) is 9.71. The Morgan fingerprint density at radius 1 is 1.18 bits per heavy atom. The second-order valence-electron chi connectivity index (χ2n) is 7.85. The van der Waals surface area contributed by atoms with Crippen molar-refractivity contribution in [1.29, 1.82) is 0 Å². The summed E-state index contributed by atoms with van der Waals surface area (Å²) in [5, 5.41) is 5.31. The van der Waals surface area contributed by atoms with Gasteiger partial charge in [0.25, 0.3) is 5.56 Å². The van der Waals surface area contributed by atoms with Crippen LogP contribution in [0.25, 0.3) is 10.2 Å².